The molecule has 4 N–H and O–H groups in total. The summed E-state index contributed by atoms with van der Waals surface area (Å²) in [5.74, 6) is -0.440. The number of aromatic amines is 1. The largest absolute Gasteiger partial charge is 0.367 e. The van der Waals surface area contributed by atoms with E-state index in [9.17, 15) is 4.79 Å². The Kier molecular flexibility index (Phi) is 4.34. The van der Waals surface area contributed by atoms with Gasteiger partial charge in [0.05, 0.1) is 0 Å². The van der Waals surface area contributed by atoms with Crippen LogP contribution < -0.4 is 11.1 Å². The molecule has 0 fully saturated rings. The van der Waals surface area contributed by atoms with E-state index >= 15 is 0 Å². The predicted molar refractivity (Wildman–Crippen MR) is 107 cm³/mol. The van der Waals surface area contributed by atoms with Gasteiger partial charge in [-0.15, -0.1) is 0 Å². The van der Waals surface area contributed by atoms with E-state index in [0.717, 1.165) is 27.7 Å². The summed E-state index contributed by atoms with van der Waals surface area (Å²) in [6.45, 7) is 0. The van der Waals surface area contributed by atoms with Gasteiger partial charge in [-0.1, -0.05) is 42.5 Å². The van der Waals surface area contributed by atoms with Gasteiger partial charge in [-0.2, -0.15) is 0 Å². The normalized spacial score (nSPS) is 13.2. The molecular formula is C22H20N4O. The fourth-order valence-corrected chi connectivity index (χ4v) is 3.47. The SMILES string of the molecule is NC(=O)C(Cc1cccnc1)(Nc1cccc2[nH]ccc12)c1ccccc1. The van der Waals surface area contributed by atoms with Crippen LogP contribution in [0.15, 0.2) is 85.3 Å². The molecule has 2 aromatic carbocycles. The molecule has 0 saturated heterocycles. The monoisotopic (exact) mass is 356 g/mol. The second-order valence-electron chi connectivity index (χ2n) is 6.54. The van der Waals surface area contributed by atoms with E-state index in [1.54, 1.807) is 12.4 Å². The maximum Gasteiger partial charge on any atom is 0.248 e. The average Bonchev–Trinajstić information content (AvgIpc) is 3.18. The van der Waals surface area contributed by atoms with E-state index in [0.29, 0.717) is 6.42 Å². The van der Waals surface area contributed by atoms with Crippen LogP contribution in [0.5, 0.6) is 0 Å². The minimum Gasteiger partial charge on any atom is -0.367 e. The molecular weight excluding hydrogens is 336 g/mol. The summed E-state index contributed by atoms with van der Waals surface area (Å²) in [6.07, 6.45) is 5.75. The number of carbonyl (C=O) groups is 1. The van der Waals surface area contributed by atoms with Crippen LogP contribution in [0.1, 0.15) is 11.1 Å². The molecule has 134 valence electrons. The standard InChI is InChI=1S/C22H20N4O/c23-21(27)22(17-7-2-1-3-8-17,14-16-6-5-12-24-15-16)26-20-10-4-9-19-18(20)11-13-25-19/h1-13,15,25-26H,14H2,(H2,23,27). The van der Waals surface area contributed by atoms with Gasteiger partial charge in [-0.3, -0.25) is 9.78 Å². The first-order valence-corrected chi connectivity index (χ1v) is 8.78. The van der Waals surface area contributed by atoms with E-state index in [1.807, 2.05) is 72.9 Å². The maximum atomic E-state index is 12.8. The van der Waals surface area contributed by atoms with E-state index in [1.165, 1.54) is 0 Å². The predicted octanol–water partition coefficient (Wildman–Crippen LogP) is 3.60. The average molecular weight is 356 g/mol. The molecule has 1 atom stereocenters. The maximum absolute atomic E-state index is 12.8. The number of H-pyrrole nitrogens is 1. The number of pyridine rings is 1. The molecule has 4 rings (SSSR count). The first kappa shape index (κ1) is 16.8. The zero-order valence-corrected chi connectivity index (χ0v) is 14.7. The molecule has 27 heavy (non-hydrogen) atoms. The smallest absolute Gasteiger partial charge is 0.248 e. The third-order valence-corrected chi connectivity index (χ3v) is 4.82. The highest BCUT2D eigenvalue weighted by Gasteiger charge is 2.39. The number of aromatic nitrogens is 2. The summed E-state index contributed by atoms with van der Waals surface area (Å²) in [7, 11) is 0. The summed E-state index contributed by atoms with van der Waals surface area (Å²) in [5.41, 5.74) is 8.47. The van der Waals surface area contributed by atoms with Crippen molar-refractivity contribution in [2.45, 2.75) is 12.0 Å². The number of primary amides is 1. The molecule has 0 aliphatic heterocycles. The lowest BCUT2D eigenvalue weighted by Gasteiger charge is -2.34. The van der Waals surface area contributed by atoms with Crippen molar-refractivity contribution < 1.29 is 4.79 Å². The fraction of sp³-hybridized carbons (Fsp3) is 0.0909. The first-order valence-electron chi connectivity index (χ1n) is 8.78. The summed E-state index contributed by atoms with van der Waals surface area (Å²) in [4.78, 5) is 20.2. The lowest BCUT2D eigenvalue weighted by Crippen LogP contribution is -2.49. The van der Waals surface area contributed by atoms with Gasteiger partial charge in [-0.05, 0) is 35.4 Å². The topological polar surface area (TPSA) is 83.8 Å². The van der Waals surface area contributed by atoms with Crippen LogP contribution in [0, 0.1) is 0 Å². The van der Waals surface area contributed by atoms with Crippen molar-refractivity contribution in [3.8, 4) is 0 Å². The quantitative estimate of drug-likeness (QED) is 0.493. The third kappa shape index (κ3) is 3.15. The van der Waals surface area contributed by atoms with Gasteiger partial charge in [0.2, 0.25) is 5.91 Å². The number of hydrogen-bond acceptors (Lipinski definition) is 3. The van der Waals surface area contributed by atoms with E-state index in [2.05, 4.69) is 15.3 Å². The van der Waals surface area contributed by atoms with Crippen LogP contribution in [-0.4, -0.2) is 15.9 Å². The molecule has 0 bridgehead atoms. The molecule has 0 spiro atoms. The Labute approximate surface area is 157 Å². The summed E-state index contributed by atoms with van der Waals surface area (Å²) < 4.78 is 0. The Morgan fingerprint density at radius 1 is 1.04 bits per heavy atom. The Morgan fingerprint density at radius 2 is 1.89 bits per heavy atom. The zero-order valence-electron chi connectivity index (χ0n) is 14.7. The summed E-state index contributed by atoms with van der Waals surface area (Å²) in [5, 5.41) is 4.47. The summed E-state index contributed by atoms with van der Waals surface area (Å²) in [6, 6.07) is 21.3. The molecule has 4 aromatic rings. The van der Waals surface area contributed by atoms with Crippen molar-refractivity contribution in [2.24, 2.45) is 5.73 Å². The number of nitrogens with two attached hydrogens (primary N) is 1. The lowest BCUT2D eigenvalue weighted by atomic mass is 9.83. The second-order valence-corrected chi connectivity index (χ2v) is 6.54. The van der Waals surface area contributed by atoms with Crippen LogP contribution in [0.3, 0.4) is 0 Å². The highest BCUT2D eigenvalue weighted by atomic mass is 16.1. The Hall–Kier alpha value is -3.60. The van der Waals surface area contributed by atoms with E-state index < -0.39 is 11.4 Å². The lowest BCUT2D eigenvalue weighted by molar-refractivity contribution is -0.122. The van der Waals surface area contributed by atoms with Gasteiger partial charge in [0.15, 0.2) is 0 Å². The third-order valence-electron chi connectivity index (χ3n) is 4.82. The van der Waals surface area contributed by atoms with Crippen molar-refractivity contribution in [1.29, 1.82) is 0 Å². The molecule has 0 aliphatic carbocycles. The molecule has 1 amide bonds. The first-order chi connectivity index (χ1) is 13.2. The number of carbonyl (C=O) groups excluding carboxylic acids is 1. The Bertz CT molecular complexity index is 1060. The number of amides is 1. The number of nitrogens with zero attached hydrogens (tertiary/aromatic N) is 1. The van der Waals surface area contributed by atoms with Crippen LogP contribution in [0.4, 0.5) is 5.69 Å². The number of anilines is 1. The number of fused-ring (bicyclic) bond motifs is 1. The van der Waals surface area contributed by atoms with Crippen LogP contribution in [0.25, 0.3) is 10.9 Å². The minimum absolute atomic E-state index is 0.390. The van der Waals surface area contributed by atoms with Gasteiger partial charge >= 0.3 is 0 Å². The molecule has 5 nitrogen and oxygen atoms in total. The molecule has 5 heteroatoms. The van der Waals surface area contributed by atoms with Crippen molar-refractivity contribution in [2.75, 3.05) is 5.32 Å². The van der Waals surface area contributed by atoms with Crippen molar-refractivity contribution in [3.63, 3.8) is 0 Å². The second kappa shape index (κ2) is 6.96. The highest BCUT2D eigenvalue weighted by molar-refractivity contribution is 5.96. The Balaban J connectivity index is 1.86. The van der Waals surface area contributed by atoms with E-state index in [4.69, 9.17) is 5.73 Å². The molecule has 1 unspecified atom stereocenters. The van der Waals surface area contributed by atoms with Gasteiger partial charge in [-0.25, -0.2) is 0 Å². The van der Waals surface area contributed by atoms with Crippen LogP contribution in [-0.2, 0) is 16.8 Å². The molecule has 0 radical (unpaired) electrons. The Morgan fingerprint density at radius 3 is 2.63 bits per heavy atom. The number of rotatable bonds is 6. The summed E-state index contributed by atoms with van der Waals surface area (Å²) >= 11 is 0. The van der Waals surface area contributed by atoms with Crippen LogP contribution in [0.2, 0.25) is 0 Å². The number of hydrogen-bond donors (Lipinski definition) is 3. The van der Waals surface area contributed by atoms with Gasteiger partial charge < -0.3 is 16.0 Å². The zero-order chi connectivity index (χ0) is 18.7. The molecule has 0 saturated carbocycles. The fourth-order valence-electron chi connectivity index (χ4n) is 3.47. The minimum atomic E-state index is -1.10. The van der Waals surface area contributed by atoms with Gasteiger partial charge in [0.25, 0.3) is 0 Å². The van der Waals surface area contributed by atoms with Crippen molar-refractivity contribution >= 4 is 22.5 Å². The number of benzene rings is 2. The van der Waals surface area contributed by atoms with Gasteiger partial charge in [0, 0.05) is 41.6 Å². The highest BCUT2D eigenvalue weighted by Crippen LogP contribution is 2.33. The van der Waals surface area contributed by atoms with Crippen LogP contribution >= 0.6 is 0 Å². The number of nitrogens with one attached hydrogen (secondary N) is 2. The van der Waals surface area contributed by atoms with Gasteiger partial charge in [0.1, 0.15) is 5.54 Å². The molecule has 0 aliphatic rings. The molecule has 2 aromatic heterocycles. The molecule has 2 heterocycles. The van der Waals surface area contributed by atoms with Crippen molar-refractivity contribution in [3.05, 3.63) is 96.4 Å². The van der Waals surface area contributed by atoms with E-state index in [-0.39, 0.29) is 0 Å². The van der Waals surface area contributed by atoms with Crippen molar-refractivity contribution in [1.82, 2.24) is 9.97 Å².